The van der Waals surface area contributed by atoms with E-state index in [1.807, 2.05) is 0 Å². The minimum absolute atomic E-state index is 1.26. The summed E-state index contributed by atoms with van der Waals surface area (Å²) in [7, 11) is 0. The highest BCUT2D eigenvalue weighted by Gasteiger charge is 2.26. The monoisotopic (exact) mass is 602 g/mol. The fraction of sp³-hybridized carbons (Fsp3) is 0. The van der Waals surface area contributed by atoms with Crippen LogP contribution in [-0.4, -0.2) is 0 Å². The average Bonchev–Trinajstić information content (AvgIpc) is 3.63. The Balaban J connectivity index is 1.10. The van der Waals surface area contributed by atoms with Crippen LogP contribution in [0.3, 0.4) is 0 Å². The van der Waals surface area contributed by atoms with Gasteiger partial charge in [0.1, 0.15) is 0 Å². The molecule has 2 aliphatic carbocycles. The van der Waals surface area contributed by atoms with Gasteiger partial charge in [-0.05, 0) is 151 Å². The molecule has 0 nitrogen and oxygen atoms in total. The van der Waals surface area contributed by atoms with Crippen LogP contribution in [0.1, 0.15) is 0 Å². The Morgan fingerprint density at radius 2 is 0.708 bits per heavy atom. The quantitative estimate of drug-likeness (QED) is 0.164. The molecule has 218 valence electrons. The van der Waals surface area contributed by atoms with Crippen LogP contribution in [0.2, 0.25) is 0 Å². The molecular formula is C48H26. The van der Waals surface area contributed by atoms with E-state index in [2.05, 4.69) is 158 Å². The predicted molar refractivity (Wildman–Crippen MR) is 206 cm³/mol. The largest absolute Gasteiger partial charge is 0.0622 e. The molecule has 0 unspecified atom stereocenters. The maximum absolute atomic E-state index is 2.47. The van der Waals surface area contributed by atoms with E-state index in [1.54, 1.807) is 0 Å². The normalized spacial score (nSPS) is 12.6. The van der Waals surface area contributed by atoms with Crippen molar-refractivity contribution in [3.8, 4) is 55.6 Å². The van der Waals surface area contributed by atoms with Gasteiger partial charge in [-0.3, -0.25) is 0 Å². The zero-order chi connectivity index (χ0) is 31.1. The van der Waals surface area contributed by atoms with Crippen LogP contribution < -0.4 is 0 Å². The minimum atomic E-state index is 1.26. The lowest BCUT2D eigenvalue weighted by Gasteiger charge is -2.12. The highest BCUT2D eigenvalue weighted by molar-refractivity contribution is 6.27. The zero-order valence-corrected chi connectivity index (χ0v) is 26.0. The SMILES string of the molecule is c1ccc(-c2ccc3c4c(cccc24)-c2cc4ccc5c6cc7c(cc6ccc5c4cc2-3)-c2cc3ccccc3c3cccc-7c23)cc1. The fourth-order valence-electron chi connectivity index (χ4n) is 9.19. The number of hydrogen-bond donors (Lipinski definition) is 0. The molecule has 0 atom stereocenters. The van der Waals surface area contributed by atoms with Crippen molar-refractivity contribution in [2.24, 2.45) is 0 Å². The Bertz CT molecular complexity index is 3090. The van der Waals surface area contributed by atoms with Crippen LogP contribution in [0.5, 0.6) is 0 Å². The van der Waals surface area contributed by atoms with E-state index in [-0.39, 0.29) is 0 Å². The lowest BCUT2D eigenvalue weighted by molar-refractivity contribution is 1.66. The topological polar surface area (TPSA) is 0 Å². The third-order valence-electron chi connectivity index (χ3n) is 11.3. The van der Waals surface area contributed by atoms with Crippen molar-refractivity contribution in [1.29, 1.82) is 0 Å². The molecule has 0 spiro atoms. The van der Waals surface area contributed by atoms with Crippen LogP contribution >= 0.6 is 0 Å². The van der Waals surface area contributed by atoms with E-state index < -0.39 is 0 Å². The molecule has 0 saturated heterocycles. The van der Waals surface area contributed by atoms with Crippen LogP contribution in [0.4, 0.5) is 0 Å². The van der Waals surface area contributed by atoms with Gasteiger partial charge >= 0.3 is 0 Å². The Morgan fingerprint density at radius 3 is 1.44 bits per heavy atom. The van der Waals surface area contributed by atoms with Crippen LogP contribution in [0, 0.1) is 0 Å². The van der Waals surface area contributed by atoms with Crippen molar-refractivity contribution in [2.45, 2.75) is 0 Å². The van der Waals surface area contributed by atoms with Gasteiger partial charge in [-0.25, -0.2) is 0 Å². The Labute approximate surface area is 277 Å². The lowest BCUT2D eigenvalue weighted by Crippen LogP contribution is -1.85. The van der Waals surface area contributed by atoms with Crippen molar-refractivity contribution >= 4 is 64.6 Å². The Morgan fingerprint density at radius 1 is 0.208 bits per heavy atom. The van der Waals surface area contributed by atoms with Crippen molar-refractivity contribution in [3.63, 3.8) is 0 Å². The first-order valence-corrected chi connectivity index (χ1v) is 16.8. The second-order valence-electron chi connectivity index (χ2n) is 13.6. The van der Waals surface area contributed by atoms with Gasteiger partial charge in [-0.2, -0.15) is 0 Å². The van der Waals surface area contributed by atoms with Crippen molar-refractivity contribution in [1.82, 2.24) is 0 Å². The van der Waals surface area contributed by atoms with Crippen LogP contribution in [0.25, 0.3) is 120 Å². The molecule has 2 aliphatic rings. The van der Waals surface area contributed by atoms with E-state index in [1.165, 1.54) is 120 Å². The number of fused-ring (bicyclic) bond motifs is 13. The molecule has 0 heteroatoms. The average molecular weight is 603 g/mol. The summed E-state index contributed by atoms with van der Waals surface area (Å²) >= 11 is 0. The van der Waals surface area contributed by atoms with E-state index in [0.717, 1.165) is 0 Å². The molecule has 0 fully saturated rings. The summed E-state index contributed by atoms with van der Waals surface area (Å²) in [6, 6.07) is 59.5. The second-order valence-corrected chi connectivity index (χ2v) is 13.6. The maximum atomic E-state index is 2.47. The summed E-state index contributed by atoms with van der Waals surface area (Å²) < 4.78 is 0. The molecule has 0 heterocycles. The van der Waals surface area contributed by atoms with Crippen molar-refractivity contribution in [3.05, 3.63) is 158 Å². The smallest absolute Gasteiger partial charge is 0.00199 e. The van der Waals surface area contributed by atoms with E-state index in [0.29, 0.717) is 0 Å². The molecular weight excluding hydrogens is 577 g/mol. The maximum Gasteiger partial charge on any atom is -0.00199 e. The van der Waals surface area contributed by atoms with Gasteiger partial charge in [0.15, 0.2) is 0 Å². The van der Waals surface area contributed by atoms with Gasteiger partial charge < -0.3 is 0 Å². The molecule has 0 aromatic heterocycles. The summed E-state index contributed by atoms with van der Waals surface area (Å²) in [5.41, 5.74) is 13.3. The number of benzene rings is 10. The number of rotatable bonds is 1. The second kappa shape index (κ2) is 8.76. The molecule has 0 amide bonds. The highest BCUT2D eigenvalue weighted by Crippen LogP contribution is 2.53. The third-order valence-corrected chi connectivity index (χ3v) is 11.3. The summed E-state index contributed by atoms with van der Waals surface area (Å²) in [4.78, 5) is 0. The zero-order valence-electron chi connectivity index (χ0n) is 26.0. The minimum Gasteiger partial charge on any atom is -0.0622 e. The molecule has 0 bridgehead atoms. The van der Waals surface area contributed by atoms with Gasteiger partial charge in [0.25, 0.3) is 0 Å². The van der Waals surface area contributed by atoms with Gasteiger partial charge in [0.2, 0.25) is 0 Å². The summed E-state index contributed by atoms with van der Waals surface area (Å²) in [6.07, 6.45) is 0. The van der Waals surface area contributed by atoms with Gasteiger partial charge in [-0.15, -0.1) is 0 Å². The van der Waals surface area contributed by atoms with Gasteiger partial charge in [-0.1, -0.05) is 127 Å². The van der Waals surface area contributed by atoms with Gasteiger partial charge in [0, 0.05) is 0 Å². The Hall–Kier alpha value is -6.24. The van der Waals surface area contributed by atoms with Gasteiger partial charge in [0.05, 0.1) is 0 Å². The molecule has 0 N–H and O–H groups in total. The summed E-state index contributed by atoms with van der Waals surface area (Å²) in [5.74, 6) is 0. The van der Waals surface area contributed by atoms with E-state index in [9.17, 15) is 0 Å². The van der Waals surface area contributed by atoms with E-state index >= 15 is 0 Å². The molecule has 0 radical (unpaired) electrons. The molecule has 0 aliphatic heterocycles. The first-order valence-electron chi connectivity index (χ1n) is 16.8. The lowest BCUT2D eigenvalue weighted by atomic mass is 9.91. The fourth-order valence-corrected chi connectivity index (χ4v) is 9.19. The third kappa shape index (κ3) is 3.06. The van der Waals surface area contributed by atoms with Crippen molar-refractivity contribution < 1.29 is 0 Å². The molecule has 48 heavy (non-hydrogen) atoms. The van der Waals surface area contributed by atoms with Crippen LogP contribution in [0.15, 0.2) is 158 Å². The Kier molecular flexibility index (Phi) is 4.55. The summed E-state index contributed by atoms with van der Waals surface area (Å²) in [5, 5.41) is 15.9. The van der Waals surface area contributed by atoms with E-state index in [4.69, 9.17) is 0 Å². The molecule has 10 aromatic rings. The predicted octanol–water partition coefficient (Wildman–Crippen LogP) is 13.6. The first kappa shape index (κ1) is 24.9. The highest BCUT2D eigenvalue weighted by atomic mass is 14.3. The van der Waals surface area contributed by atoms with Crippen molar-refractivity contribution in [2.75, 3.05) is 0 Å². The first-order chi connectivity index (χ1) is 23.8. The number of hydrogen-bond acceptors (Lipinski definition) is 0. The summed E-state index contributed by atoms with van der Waals surface area (Å²) in [6.45, 7) is 0. The standard InChI is InChI=1S/C48H26/c1-2-8-27(9-3-1)32-20-21-39-45-26-41-29(22-42(45)37-14-7-13-36(32)47(37)39)16-18-33-34(41)19-17-30-23-43-44(25-40(30)33)38-15-6-12-35-31-11-5-4-10-28(31)24-46(43)48(35)38/h1-26H. The molecule has 10 aromatic carbocycles. The molecule has 0 saturated carbocycles. The van der Waals surface area contributed by atoms with Crippen LogP contribution in [-0.2, 0) is 0 Å². The molecule has 12 rings (SSSR count).